The average molecular weight is 382 g/mol. The van der Waals surface area contributed by atoms with Crippen LogP contribution in [0.2, 0.25) is 0 Å². The van der Waals surface area contributed by atoms with Gasteiger partial charge in [-0.25, -0.2) is 12.7 Å². The highest BCUT2D eigenvalue weighted by molar-refractivity contribution is 7.89. The largest absolute Gasteiger partial charge is 0.356 e. The third-order valence-corrected chi connectivity index (χ3v) is 6.78. The maximum absolute atomic E-state index is 12.3. The van der Waals surface area contributed by atoms with E-state index in [-0.39, 0.29) is 17.6 Å². The van der Waals surface area contributed by atoms with Gasteiger partial charge in [-0.05, 0) is 45.3 Å². The van der Waals surface area contributed by atoms with Crippen molar-refractivity contribution in [3.63, 3.8) is 0 Å². The molecule has 1 aliphatic heterocycles. The zero-order valence-electron chi connectivity index (χ0n) is 15.9. The quantitative estimate of drug-likeness (QED) is 0.661. The number of nitrogens with one attached hydrogen (secondary N) is 1. The number of benzene rings is 1. The van der Waals surface area contributed by atoms with Crippen molar-refractivity contribution in [2.24, 2.45) is 5.92 Å². The number of piperidine rings is 1. The molecule has 0 saturated carbocycles. The SMILES string of the molecule is CCS(=O)(=O)N1CCC(C(=O)NCCCN(C)Cc2ccccc2)CC1. The summed E-state index contributed by atoms with van der Waals surface area (Å²) < 4.78 is 25.2. The van der Waals surface area contributed by atoms with Crippen LogP contribution in [0, 0.1) is 5.92 Å². The second-order valence-corrected chi connectivity index (χ2v) is 9.20. The van der Waals surface area contributed by atoms with Crippen LogP contribution < -0.4 is 5.32 Å². The molecule has 7 heteroatoms. The van der Waals surface area contributed by atoms with E-state index in [1.54, 1.807) is 6.92 Å². The molecule has 2 rings (SSSR count). The van der Waals surface area contributed by atoms with E-state index >= 15 is 0 Å². The Morgan fingerprint density at radius 2 is 1.88 bits per heavy atom. The second-order valence-electron chi connectivity index (χ2n) is 6.94. The van der Waals surface area contributed by atoms with Gasteiger partial charge in [-0.2, -0.15) is 0 Å². The molecule has 0 aromatic heterocycles. The van der Waals surface area contributed by atoms with Crippen LogP contribution in [0.15, 0.2) is 30.3 Å². The smallest absolute Gasteiger partial charge is 0.223 e. The molecule has 0 atom stereocenters. The molecule has 6 nitrogen and oxygen atoms in total. The van der Waals surface area contributed by atoms with Crippen LogP contribution >= 0.6 is 0 Å². The average Bonchev–Trinajstić information content (AvgIpc) is 2.66. The van der Waals surface area contributed by atoms with Crippen LogP contribution in [0.3, 0.4) is 0 Å². The summed E-state index contributed by atoms with van der Waals surface area (Å²) in [6.07, 6.45) is 2.12. The Morgan fingerprint density at radius 1 is 1.23 bits per heavy atom. The topological polar surface area (TPSA) is 69.7 Å². The lowest BCUT2D eigenvalue weighted by Crippen LogP contribution is -2.43. The van der Waals surface area contributed by atoms with Crippen LogP contribution in [-0.2, 0) is 21.4 Å². The Balaban J connectivity index is 1.62. The second kappa shape index (κ2) is 10.0. The number of sulfonamides is 1. The summed E-state index contributed by atoms with van der Waals surface area (Å²) in [4.78, 5) is 14.5. The molecule has 0 bridgehead atoms. The van der Waals surface area contributed by atoms with E-state index < -0.39 is 10.0 Å². The van der Waals surface area contributed by atoms with Gasteiger partial charge in [0.2, 0.25) is 15.9 Å². The van der Waals surface area contributed by atoms with Crippen LogP contribution in [-0.4, -0.2) is 62.5 Å². The molecule has 0 aliphatic carbocycles. The van der Waals surface area contributed by atoms with E-state index in [1.807, 2.05) is 18.2 Å². The summed E-state index contributed by atoms with van der Waals surface area (Å²) in [5, 5.41) is 3.01. The number of amides is 1. The van der Waals surface area contributed by atoms with Gasteiger partial charge in [-0.1, -0.05) is 30.3 Å². The fraction of sp³-hybridized carbons (Fsp3) is 0.632. The van der Waals surface area contributed by atoms with Crippen molar-refractivity contribution in [1.82, 2.24) is 14.5 Å². The van der Waals surface area contributed by atoms with Gasteiger partial charge in [0.05, 0.1) is 5.75 Å². The van der Waals surface area contributed by atoms with E-state index in [4.69, 9.17) is 0 Å². The van der Waals surface area contributed by atoms with Crippen molar-refractivity contribution >= 4 is 15.9 Å². The summed E-state index contributed by atoms with van der Waals surface area (Å²) in [6.45, 7) is 5.04. The van der Waals surface area contributed by atoms with E-state index in [0.29, 0.717) is 32.5 Å². The number of hydrogen-bond donors (Lipinski definition) is 1. The monoisotopic (exact) mass is 381 g/mol. The number of carbonyl (C=O) groups excluding carboxylic acids is 1. The Kier molecular flexibility index (Phi) is 8.06. The molecule has 1 N–H and O–H groups in total. The van der Waals surface area contributed by atoms with Crippen molar-refractivity contribution in [3.05, 3.63) is 35.9 Å². The minimum atomic E-state index is -3.13. The summed E-state index contributed by atoms with van der Waals surface area (Å²) in [7, 11) is -1.05. The van der Waals surface area contributed by atoms with Crippen molar-refractivity contribution in [3.8, 4) is 0 Å². The predicted octanol–water partition coefficient (Wildman–Crippen LogP) is 1.69. The molecule has 0 spiro atoms. The Bertz CT molecular complexity index is 656. The van der Waals surface area contributed by atoms with Crippen molar-refractivity contribution in [1.29, 1.82) is 0 Å². The molecule has 26 heavy (non-hydrogen) atoms. The number of hydrogen-bond acceptors (Lipinski definition) is 4. The highest BCUT2D eigenvalue weighted by Gasteiger charge is 2.29. The fourth-order valence-corrected chi connectivity index (χ4v) is 4.39. The molecule has 0 unspecified atom stereocenters. The minimum absolute atomic E-state index is 0.0595. The Labute approximate surface area is 157 Å². The number of carbonyl (C=O) groups is 1. The molecule has 0 radical (unpaired) electrons. The first kappa shape index (κ1) is 20.9. The lowest BCUT2D eigenvalue weighted by molar-refractivity contribution is -0.126. The minimum Gasteiger partial charge on any atom is -0.356 e. The predicted molar refractivity (Wildman–Crippen MR) is 104 cm³/mol. The molecule has 1 heterocycles. The van der Waals surface area contributed by atoms with Crippen LogP contribution in [0.1, 0.15) is 31.7 Å². The standard InChI is InChI=1S/C19H31N3O3S/c1-3-26(24,25)22-14-10-18(11-15-22)19(23)20-12-7-13-21(2)16-17-8-5-4-6-9-17/h4-6,8-9,18H,3,7,10-16H2,1-2H3,(H,20,23). The molecular weight excluding hydrogens is 350 g/mol. The van der Waals surface area contributed by atoms with Crippen molar-refractivity contribution in [2.75, 3.05) is 39.0 Å². The molecular formula is C19H31N3O3S. The molecule has 1 amide bonds. The highest BCUT2D eigenvalue weighted by atomic mass is 32.2. The first-order valence-corrected chi connectivity index (χ1v) is 11.0. The zero-order valence-corrected chi connectivity index (χ0v) is 16.7. The summed E-state index contributed by atoms with van der Waals surface area (Å²) in [5.41, 5.74) is 1.29. The van der Waals surface area contributed by atoms with Gasteiger partial charge in [0.15, 0.2) is 0 Å². The van der Waals surface area contributed by atoms with Crippen molar-refractivity contribution in [2.45, 2.75) is 32.7 Å². The van der Waals surface area contributed by atoms with Gasteiger partial charge in [0.25, 0.3) is 0 Å². The maximum Gasteiger partial charge on any atom is 0.223 e. The van der Waals surface area contributed by atoms with Crippen LogP contribution in [0.25, 0.3) is 0 Å². The third kappa shape index (κ3) is 6.37. The van der Waals surface area contributed by atoms with Gasteiger partial charge in [-0.3, -0.25) is 4.79 Å². The fourth-order valence-electron chi connectivity index (χ4n) is 3.26. The summed E-state index contributed by atoms with van der Waals surface area (Å²) in [6, 6.07) is 10.3. The molecule has 1 aromatic carbocycles. The Morgan fingerprint density at radius 3 is 2.50 bits per heavy atom. The maximum atomic E-state index is 12.3. The Hall–Kier alpha value is -1.44. The van der Waals surface area contributed by atoms with Gasteiger partial charge < -0.3 is 10.2 Å². The lowest BCUT2D eigenvalue weighted by Gasteiger charge is -2.30. The van der Waals surface area contributed by atoms with E-state index in [0.717, 1.165) is 19.5 Å². The molecule has 1 fully saturated rings. The van der Waals surface area contributed by atoms with E-state index in [2.05, 4.69) is 29.4 Å². The van der Waals surface area contributed by atoms with Gasteiger partial charge in [0.1, 0.15) is 0 Å². The van der Waals surface area contributed by atoms with E-state index in [9.17, 15) is 13.2 Å². The summed E-state index contributed by atoms with van der Waals surface area (Å²) >= 11 is 0. The number of rotatable bonds is 9. The molecule has 146 valence electrons. The van der Waals surface area contributed by atoms with Gasteiger partial charge in [0, 0.05) is 32.1 Å². The van der Waals surface area contributed by atoms with Gasteiger partial charge >= 0.3 is 0 Å². The number of nitrogens with zero attached hydrogens (tertiary/aromatic N) is 2. The lowest BCUT2D eigenvalue weighted by atomic mass is 9.97. The van der Waals surface area contributed by atoms with Crippen LogP contribution in [0.5, 0.6) is 0 Å². The first-order valence-electron chi connectivity index (χ1n) is 9.40. The van der Waals surface area contributed by atoms with Gasteiger partial charge in [-0.15, -0.1) is 0 Å². The molecule has 1 aromatic rings. The van der Waals surface area contributed by atoms with Crippen molar-refractivity contribution < 1.29 is 13.2 Å². The van der Waals surface area contributed by atoms with E-state index in [1.165, 1.54) is 9.87 Å². The third-order valence-electron chi connectivity index (χ3n) is 4.89. The normalized spacial score (nSPS) is 16.7. The first-order chi connectivity index (χ1) is 12.4. The van der Waals surface area contributed by atoms with Crippen LogP contribution in [0.4, 0.5) is 0 Å². The highest BCUT2D eigenvalue weighted by Crippen LogP contribution is 2.20. The zero-order chi connectivity index (χ0) is 19.0. The molecule has 1 aliphatic rings. The molecule has 1 saturated heterocycles. The summed E-state index contributed by atoms with van der Waals surface area (Å²) in [5.74, 6) is 0.116.